The predicted octanol–water partition coefficient (Wildman–Crippen LogP) is 3.32. The van der Waals surface area contributed by atoms with Gasteiger partial charge in [-0.3, -0.25) is 10.2 Å². The number of nitrogens with one attached hydrogen (secondary N) is 3. The summed E-state index contributed by atoms with van der Waals surface area (Å²) in [6.45, 7) is 5.10. The molecule has 2 aromatic carbocycles. The van der Waals surface area contributed by atoms with E-state index in [4.69, 9.17) is 4.74 Å². The number of hydrazine groups is 1. The highest BCUT2D eigenvalue weighted by Gasteiger charge is 2.33. The minimum Gasteiger partial charge on any atom is -0.491 e. The Hall–Kier alpha value is -1.89. The Morgan fingerprint density at radius 3 is 2.73 bits per heavy atom. The van der Waals surface area contributed by atoms with Crippen molar-refractivity contribution in [3.8, 4) is 5.75 Å². The quantitative estimate of drug-likeness (QED) is 0.674. The number of halogens is 1. The Kier molecular flexibility index (Phi) is 6.29. The number of carbonyl (C=O) groups excluding carboxylic acids is 1. The minimum atomic E-state index is -0.159. The normalized spacial score (nSPS) is 19.5. The lowest BCUT2D eigenvalue weighted by molar-refractivity contribution is -0.125. The van der Waals surface area contributed by atoms with Crippen LogP contribution < -0.4 is 20.9 Å². The molecule has 1 aliphatic heterocycles. The SMILES string of the molecule is CC(C)Oc1ccc(CNC(=O)C2CNNC2c2cccc(Br)c2)cc1. The molecule has 2 aromatic rings. The fourth-order valence-corrected chi connectivity index (χ4v) is 3.45. The maximum atomic E-state index is 12.7. The highest BCUT2D eigenvalue weighted by Crippen LogP contribution is 2.27. The first kappa shape index (κ1) is 18.9. The number of amides is 1. The second-order valence-corrected chi connectivity index (χ2v) is 7.61. The number of hydrogen-bond acceptors (Lipinski definition) is 4. The summed E-state index contributed by atoms with van der Waals surface area (Å²) in [6.07, 6.45) is 0.151. The van der Waals surface area contributed by atoms with Gasteiger partial charge in [0.1, 0.15) is 5.75 Å². The number of rotatable bonds is 6. The van der Waals surface area contributed by atoms with Gasteiger partial charge in [-0.15, -0.1) is 0 Å². The highest BCUT2D eigenvalue weighted by molar-refractivity contribution is 9.10. The smallest absolute Gasteiger partial charge is 0.226 e. The van der Waals surface area contributed by atoms with Gasteiger partial charge in [0.2, 0.25) is 5.91 Å². The van der Waals surface area contributed by atoms with Gasteiger partial charge in [-0.2, -0.15) is 0 Å². The molecule has 3 N–H and O–H groups in total. The van der Waals surface area contributed by atoms with Crippen LogP contribution in [0.2, 0.25) is 0 Å². The number of carbonyl (C=O) groups is 1. The molecular formula is C20H24BrN3O2. The van der Waals surface area contributed by atoms with Crippen molar-refractivity contribution in [2.24, 2.45) is 5.92 Å². The van der Waals surface area contributed by atoms with E-state index in [-0.39, 0.29) is 24.0 Å². The zero-order chi connectivity index (χ0) is 18.5. The zero-order valence-corrected chi connectivity index (χ0v) is 16.5. The summed E-state index contributed by atoms with van der Waals surface area (Å²) < 4.78 is 6.65. The van der Waals surface area contributed by atoms with Gasteiger partial charge in [-0.25, -0.2) is 5.43 Å². The molecule has 0 aromatic heterocycles. The van der Waals surface area contributed by atoms with Crippen LogP contribution in [0.15, 0.2) is 53.0 Å². The third-order valence-corrected chi connectivity index (χ3v) is 4.78. The second-order valence-electron chi connectivity index (χ2n) is 6.69. The summed E-state index contributed by atoms with van der Waals surface area (Å²) in [7, 11) is 0. The molecule has 1 aliphatic rings. The fourth-order valence-electron chi connectivity index (χ4n) is 3.04. The average Bonchev–Trinajstić information content (AvgIpc) is 3.10. The molecule has 5 nitrogen and oxygen atoms in total. The summed E-state index contributed by atoms with van der Waals surface area (Å²) in [5, 5.41) is 3.04. The lowest BCUT2D eigenvalue weighted by Crippen LogP contribution is -2.34. The molecule has 6 heteroatoms. The van der Waals surface area contributed by atoms with E-state index in [9.17, 15) is 4.79 Å². The first-order valence-electron chi connectivity index (χ1n) is 8.80. The molecule has 2 unspecified atom stereocenters. The van der Waals surface area contributed by atoms with E-state index in [0.29, 0.717) is 13.1 Å². The van der Waals surface area contributed by atoms with E-state index in [1.165, 1.54) is 0 Å². The first-order chi connectivity index (χ1) is 12.5. The second kappa shape index (κ2) is 8.66. The molecule has 26 heavy (non-hydrogen) atoms. The third-order valence-electron chi connectivity index (χ3n) is 4.29. The molecule has 3 rings (SSSR count). The summed E-state index contributed by atoms with van der Waals surface area (Å²) in [6, 6.07) is 15.8. The summed E-state index contributed by atoms with van der Waals surface area (Å²) in [5.74, 6) is 0.719. The lowest BCUT2D eigenvalue weighted by atomic mass is 9.94. The molecule has 1 saturated heterocycles. The van der Waals surface area contributed by atoms with E-state index >= 15 is 0 Å². The molecule has 0 bridgehead atoms. The Morgan fingerprint density at radius 2 is 2.04 bits per heavy atom. The van der Waals surface area contributed by atoms with E-state index in [1.54, 1.807) is 0 Å². The van der Waals surface area contributed by atoms with Gasteiger partial charge in [0.05, 0.1) is 18.1 Å². The molecule has 0 saturated carbocycles. The van der Waals surface area contributed by atoms with Gasteiger partial charge < -0.3 is 10.1 Å². The molecule has 1 fully saturated rings. The van der Waals surface area contributed by atoms with Crippen LogP contribution >= 0.6 is 15.9 Å². The predicted molar refractivity (Wildman–Crippen MR) is 106 cm³/mol. The summed E-state index contributed by atoms with van der Waals surface area (Å²) in [4.78, 5) is 12.7. The van der Waals surface area contributed by atoms with Crippen molar-refractivity contribution in [1.29, 1.82) is 0 Å². The summed E-state index contributed by atoms with van der Waals surface area (Å²) >= 11 is 3.49. The molecule has 138 valence electrons. The van der Waals surface area contributed by atoms with E-state index in [1.807, 2.05) is 62.4 Å². The molecule has 2 atom stereocenters. The molecule has 0 aliphatic carbocycles. The van der Waals surface area contributed by atoms with E-state index < -0.39 is 0 Å². The maximum absolute atomic E-state index is 12.7. The van der Waals surface area contributed by atoms with Gasteiger partial charge in [-0.1, -0.05) is 40.2 Å². The standard InChI is InChI=1S/C20H24BrN3O2/c1-13(2)26-17-8-6-14(7-9-17)11-22-20(25)18-12-23-24-19(18)15-4-3-5-16(21)10-15/h3-10,13,18-19,23-24H,11-12H2,1-2H3,(H,22,25). The van der Waals surface area contributed by atoms with Crippen LogP contribution in [-0.2, 0) is 11.3 Å². The molecule has 1 amide bonds. The van der Waals surface area contributed by atoms with Crippen LogP contribution in [0.25, 0.3) is 0 Å². The van der Waals surface area contributed by atoms with Crippen molar-refractivity contribution in [3.63, 3.8) is 0 Å². The molecular weight excluding hydrogens is 394 g/mol. The Morgan fingerprint density at radius 1 is 1.27 bits per heavy atom. The topological polar surface area (TPSA) is 62.4 Å². The Labute approximate surface area is 162 Å². The van der Waals surface area contributed by atoms with Crippen LogP contribution in [0, 0.1) is 5.92 Å². The minimum absolute atomic E-state index is 0.0370. The lowest BCUT2D eigenvalue weighted by Gasteiger charge is -2.19. The number of hydrogen-bond donors (Lipinski definition) is 3. The monoisotopic (exact) mass is 417 g/mol. The molecule has 0 radical (unpaired) electrons. The Bertz CT molecular complexity index is 749. The Balaban J connectivity index is 1.59. The van der Waals surface area contributed by atoms with E-state index in [2.05, 4.69) is 32.1 Å². The van der Waals surface area contributed by atoms with Gasteiger partial charge in [-0.05, 0) is 49.2 Å². The van der Waals surface area contributed by atoms with Crippen molar-refractivity contribution in [2.75, 3.05) is 6.54 Å². The van der Waals surface area contributed by atoms with Crippen LogP contribution in [0.4, 0.5) is 0 Å². The maximum Gasteiger partial charge on any atom is 0.226 e. The zero-order valence-electron chi connectivity index (χ0n) is 15.0. The van der Waals surface area contributed by atoms with Crippen molar-refractivity contribution in [2.45, 2.75) is 32.5 Å². The van der Waals surface area contributed by atoms with Crippen molar-refractivity contribution >= 4 is 21.8 Å². The largest absolute Gasteiger partial charge is 0.491 e. The molecule has 0 spiro atoms. The van der Waals surface area contributed by atoms with Gasteiger partial charge in [0.25, 0.3) is 0 Å². The van der Waals surface area contributed by atoms with E-state index in [0.717, 1.165) is 21.3 Å². The first-order valence-corrected chi connectivity index (χ1v) is 9.59. The van der Waals surface area contributed by atoms with Crippen LogP contribution in [0.5, 0.6) is 5.75 Å². The fraction of sp³-hybridized carbons (Fsp3) is 0.350. The highest BCUT2D eigenvalue weighted by atomic mass is 79.9. The molecule has 1 heterocycles. The number of benzene rings is 2. The van der Waals surface area contributed by atoms with Gasteiger partial charge >= 0.3 is 0 Å². The van der Waals surface area contributed by atoms with Crippen molar-refractivity contribution in [1.82, 2.24) is 16.2 Å². The van der Waals surface area contributed by atoms with Crippen molar-refractivity contribution < 1.29 is 9.53 Å². The van der Waals surface area contributed by atoms with Crippen molar-refractivity contribution in [3.05, 3.63) is 64.1 Å². The van der Waals surface area contributed by atoms with Crippen LogP contribution in [0.1, 0.15) is 31.0 Å². The van der Waals surface area contributed by atoms with Gasteiger partial charge in [0, 0.05) is 17.6 Å². The number of ether oxygens (including phenoxy) is 1. The van der Waals surface area contributed by atoms with Crippen LogP contribution in [-0.4, -0.2) is 18.6 Å². The summed E-state index contributed by atoms with van der Waals surface area (Å²) in [5.41, 5.74) is 8.44. The third kappa shape index (κ3) is 4.84. The van der Waals surface area contributed by atoms with Gasteiger partial charge in [0.15, 0.2) is 0 Å². The van der Waals surface area contributed by atoms with Crippen LogP contribution in [0.3, 0.4) is 0 Å². The average molecular weight is 418 g/mol.